The van der Waals surface area contributed by atoms with Crippen LogP contribution in [0.5, 0.6) is 0 Å². The van der Waals surface area contributed by atoms with Gasteiger partial charge in [0.05, 0.1) is 4.90 Å². The molecule has 3 rings (SSSR count). The van der Waals surface area contributed by atoms with Crippen LogP contribution >= 0.6 is 0 Å². The summed E-state index contributed by atoms with van der Waals surface area (Å²) in [6.07, 6.45) is 0. The maximum absolute atomic E-state index is 12.4. The van der Waals surface area contributed by atoms with Gasteiger partial charge in [0.1, 0.15) is 13.1 Å². The van der Waals surface area contributed by atoms with E-state index in [1.807, 2.05) is 0 Å². The highest BCUT2D eigenvalue weighted by Gasteiger charge is 2.37. The molecule has 1 heterocycles. The third kappa shape index (κ3) is 4.13. The van der Waals surface area contributed by atoms with E-state index in [0.29, 0.717) is 11.4 Å². The molecule has 2 aromatic carbocycles. The fourth-order valence-corrected chi connectivity index (χ4v) is 3.09. The number of rotatable bonds is 5. The van der Waals surface area contributed by atoms with E-state index >= 15 is 0 Å². The number of hydrogen-bond acceptors (Lipinski definition) is 5. The standard InChI is InChI=1S/C17H16N4O5S/c18-27(25,26)14-8-6-12(7-9-14)19-15(22)10-21-16(23)11-20(17(21)24)13-4-2-1-3-5-13/h1-9H,10-11H2,(H,19,22)(H2,18,25,26). The first-order valence-corrected chi connectivity index (χ1v) is 9.40. The second-order valence-corrected chi connectivity index (χ2v) is 7.36. The van der Waals surface area contributed by atoms with E-state index < -0.39 is 34.4 Å². The quantitative estimate of drug-likeness (QED) is 0.730. The maximum atomic E-state index is 12.4. The summed E-state index contributed by atoms with van der Waals surface area (Å²) in [6, 6.07) is 13.3. The molecule has 3 N–H and O–H groups in total. The molecule has 1 aliphatic rings. The molecule has 1 fully saturated rings. The Kier molecular flexibility index (Phi) is 4.93. The smallest absolute Gasteiger partial charge is 0.325 e. The van der Waals surface area contributed by atoms with E-state index in [0.717, 1.165) is 4.90 Å². The number of nitrogens with one attached hydrogen (secondary N) is 1. The van der Waals surface area contributed by atoms with Gasteiger partial charge in [-0.3, -0.25) is 19.4 Å². The molecule has 0 atom stereocenters. The van der Waals surface area contributed by atoms with E-state index in [1.54, 1.807) is 30.3 Å². The summed E-state index contributed by atoms with van der Waals surface area (Å²) in [5.41, 5.74) is 0.878. The highest BCUT2D eigenvalue weighted by molar-refractivity contribution is 7.89. The number of hydrogen-bond donors (Lipinski definition) is 2. The molecule has 0 unspecified atom stereocenters. The number of sulfonamides is 1. The lowest BCUT2D eigenvalue weighted by Crippen LogP contribution is -2.39. The summed E-state index contributed by atoms with van der Waals surface area (Å²) in [5.74, 6) is -1.07. The Labute approximate surface area is 155 Å². The van der Waals surface area contributed by atoms with Gasteiger partial charge in [0.15, 0.2) is 0 Å². The Morgan fingerprint density at radius 3 is 2.26 bits per heavy atom. The second-order valence-electron chi connectivity index (χ2n) is 5.80. The number of nitrogens with zero attached hydrogens (tertiary/aromatic N) is 2. The lowest BCUT2D eigenvalue weighted by Gasteiger charge is -2.17. The van der Waals surface area contributed by atoms with Crippen molar-refractivity contribution in [1.29, 1.82) is 0 Å². The first-order valence-electron chi connectivity index (χ1n) is 7.85. The highest BCUT2D eigenvalue weighted by Crippen LogP contribution is 2.20. The Balaban J connectivity index is 1.65. The van der Waals surface area contributed by atoms with Gasteiger partial charge in [0.2, 0.25) is 15.9 Å². The molecule has 1 saturated heterocycles. The molecule has 4 amide bonds. The highest BCUT2D eigenvalue weighted by atomic mass is 32.2. The predicted octanol–water partition coefficient (Wildman–Crippen LogP) is 0.741. The minimum atomic E-state index is -3.83. The predicted molar refractivity (Wildman–Crippen MR) is 97.3 cm³/mol. The van der Waals surface area contributed by atoms with Crippen LogP contribution in [0.2, 0.25) is 0 Å². The molecule has 1 aliphatic heterocycles. The van der Waals surface area contributed by atoms with Crippen molar-refractivity contribution >= 4 is 39.2 Å². The molecule has 2 aromatic rings. The average molecular weight is 388 g/mol. The number of urea groups is 1. The number of benzene rings is 2. The molecule has 0 radical (unpaired) electrons. The van der Waals surface area contributed by atoms with Crippen molar-refractivity contribution in [2.45, 2.75) is 4.90 Å². The van der Waals surface area contributed by atoms with Crippen molar-refractivity contribution in [1.82, 2.24) is 4.90 Å². The molecule has 0 aliphatic carbocycles. The van der Waals surface area contributed by atoms with E-state index in [-0.39, 0.29) is 11.4 Å². The zero-order chi connectivity index (χ0) is 19.6. The topological polar surface area (TPSA) is 130 Å². The van der Waals surface area contributed by atoms with Crippen molar-refractivity contribution in [2.24, 2.45) is 5.14 Å². The van der Waals surface area contributed by atoms with Crippen LogP contribution in [0.25, 0.3) is 0 Å². The molecular weight excluding hydrogens is 372 g/mol. The number of anilines is 2. The number of nitrogens with two attached hydrogens (primary N) is 1. The monoisotopic (exact) mass is 388 g/mol. The third-order valence-corrected chi connectivity index (χ3v) is 4.82. The van der Waals surface area contributed by atoms with Crippen LogP contribution in [0.1, 0.15) is 0 Å². The summed E-state index contributed by atoms with van der Waals surface area (Å²) < 4.78 is 22.4. The number of imide groups is 1. The minimum absolute atomic E-state index is 0.0936. The third-order valence-electron chi connectivity index (χ3n) is 3.89. The van der Waals surface area contributed by atoms with Gasteiger partial charge < -0.3 is 5.32 Å². The van der Waals surface area contributed by atoms with Crippen molar-refractivity contribution < 1.29 is 22.8 Å². The summed E-state index contributed by atoms with van der Waals surface area (Å²) in [5, 5.41) is 7.51. The Hall–Kier alpha value is -3.24. The van der Waals surface area contributed by atoms with Gasteiger partial charge in [-0.2, -0.15) is 0 Å². The van der Waals surface area contributed by atoms with Crippen LogP contribution in [0.3, 0.4) is 0 Å². The molecule has 140 valence electrons. The first kappa shape index (κ1) is 18.5. The molecule has 27 heavy (non-hydrogen) atoms. The van der Waals surface area contributed by atoms with Gasteiger partial charge in [-0.15, -0.1) is 0 Å². The summed E-state index contributed by atoms with van der Waals surface area (Å²) in [6.45, 7) is -0.586. The number of primary sulfonamides is 1. The number of para-hydroxylation sites is 1. The molecule has 0 spiro atoms. The Morgan fingerprint density at radius 2 is 1.67 bits per heavy atom. The summed E-state index contributed by atoms with van der Waals surface area (Å²) in [7, 11) is -3.83. The van der Waals surface area contributed by atoms with Crippen LogP contribution in [-0.4, -0.2) is 44.3 Å². The van der Waals surface area contributed by atoms with Crippen LogP contribution in [-0.2, 0) is 19.6 Å². The van der Waals surface area contributed by atoms with E-state index in [2.05, 4.69) is 5.32 Å². The van der Waals surface area contributed by atoms with E-state index in [9.17, 15) is 22.8 Å². The van der Waals surface area contributed by atoms with Crippen LogP contribution < -0.4 is 15.4 Å². The zero-order valence-corrected chi connectivity index (χ0v) is 14.8. The normalized spacial score (nSPS) is 14.6. The van der Waals surface area contributed by atoms with Gasteiger partial charge in [0, 0.05) is 11.4 Å². The van der Waals surface area contributed by atoms with Gasteiger partial charge in [-0.25, -0.2) is 18.4 Å². The lowest BCUT2D eigenvalue weighted by molar-refractivity contribution is -0.128. The fourth-order valence-electron chi connectivity index (χ4n) is 2.58. The second kappa shape index (κ2) is 7.17. The molecule has 0 bridgehead atoms. The fraction of sp³-hybridized carbons (Fsp3) is 0.118. The SMILES string of the molecule is NS(=O)(=O)c1ccc(NC(=O)CN2C(=O)CN(c3ccccc3)C2=O)cc1. The van der Waals surface area contributed by atoms with E-state index in [4.69, 9.17) is 5.14 Å². The number of amides is 4. The number of carbonyl (C=O) groups is 3. The van der Waals surface area contributed by atoms with Crippen molar-refractivity contribution in [3.8, 4) is 0 Å². The molecular formula is C17H16N4O5S. The summed E-state index contributed by atoms with van der Waals surface area (Å²) >= 11 is 0. The zero-order valence-electron chi connectivity index (χ0n) is 14.0. The summed E-state index contributed by atoms with van der Waals surface area (Å²) in [4.78, 5) is 38.8. The minimum Gasteiger partial charge on any atom is -0.325 e. The first-order chi connectivity index (χ1) is 12.8. The van der Waals surface area contributed by atoms with Gasteiger partial charge in [-0.05, 0) is 36.4 Å². The van der Waals surface area contributed by atoms with Gasteiger partial charge in [0.25, 0.3) is 5.91 Å². The number of carbonyl (C=O) groups excluding carboxylic acids is 3. The average Bonchev–Trinajstić information content (AvgIpc) is 2.90. The van der Waals surface area contributed by atoms with Gasteiger partial charge in [-0.1, -0.05) is 18.2 Å². The lowest BCUT2D eigenvalue weighted by atomic mass is 10.3. The van der Waals surface area contributed by atoms with Crippen LogP contribution in [0, 0.1) is 0 Å². The largest absolute Gasteiger partial charge is 0.332 e. The van der Waals surface area contributed by atoms with Gasteiger partial charge >= 0.3 is 6.03 Å². The molecule has 9 nitrogen and oxygen atoms in total. The Bertz CT molecular complexity index is 990. The van der Waals surface area contributed by atoms with Crippen LogP contribution in [0.4, 0.5) is 16.2 Å². The Morgan fingerprint density at radius 1 is 1.04 bits per heavy atom. The van der Waals surface area contributed by atoms with Crippen molar-refractivity contribution in [3.05, 3.63) is 54.6 Å². The molecule has 0 saturated carbocycles. The van der Waals surface area contributed by atoms with Crippen molar-refractivity contribution in [2.75, 3.05) is 23.3 Å². The van der Waals surface area contributed by atoms with Crippen molar-refractivity contribution in [3.63, 3.8) is 0 Å². The maximum Gasteiger partial charge on any atom is 0.332 e. The molecule has 0 aromatic heterocycles. The van der Waals surface area contributed by atoms with E-state index in [1.165, 1.54) is 29.2 Å². The van der Waals surface area contributed by atoms with Crippen LogP contribution in [0.15, 0.2) is 59.5 Å². The molecule has 10 heteroatoms.